The Balaban J connectivity index is 1.50. The van der Waals surface area contributed by atoms with E-state index in [0.29, 0.717) is 18.9 Å². The summed E-state index contributed by atoms with van der Waals surface area (Å²) in [6.07, 6.45) is 0. The first-order valence-electron chi connectivity index (χ1n) is 10.1. The highest BCUT2D eigenvalue weighted by Gasteiger charge is 2.19. The van der Waals surface area contributed by atoms with Crippen LogP contribution in [0, 0.1) is 0 Å². The molecule has 0 heterocycles. The van der Waals surface area contributed by atoms with E-state index in [-0.39, 0.29) is 11.8 Å². The van der Waals surface area contributed by atoms with Gasteiger partial charge in [-0.25, -0.2) is 0 Å². The van der Waals surface area contributed by atoms with Crippen molar-refractivity contribution in [2.45, 2.75) is 31.0 Å². The van der Waals surface area contributed by atoms with Gasteiger partial charge >= 0.3 is 0 Å². The number of hydrogen-bond acceptors (Lipinski definition) is 4. The van der Waals surface area contributed by atoms with E-state index in [1.165, 1.54) is 18.7 Å². The van der Waals surface area contributed by atoms with Gasteiger partial charge in [0.15, 0.2) is 0 Å². The Kier molecular flexibility index (Phi) is 8.55. The summed E-state index contributed by atoms with van der Waals surface area (Å²) in [6.45, 7) is 2.36. The van der Waals surface area contributed by atoms with Crippen molar-refractivity contribution in [1.82, 2.24) is 10.6 Å². The van der Waals surface area contributed by atoms with Crippen LogP contribution in [0.3, 0.4) is 0 Å². The number of thioether (sulfide) groups is 1. The van der Waals surface area contributed by atoms with Gasteiger partial charge in [-0.1, -0.05) is 60.7 Å². The Morgan fingerprint density at radius 2 is 1.48 bits per heavy atom. The van der Waals surface area contributed by atoms with Crippen LogP contribution in [-0.4, -0.2) is 23.6 Å². The summed E-state index contributed by atoms with van der Waals surface area (Å²) in [5.41, 5.74) is 2.12. The van der Waals surface area contributed by atoms with E-state index >= 15 is 0 Å². The van der Waals surface area contributed by atoms with Crippen LogP contribution in [0.2, 0.25) is 0 Å². The molecule has 160 valence electrons. The van der Waals surface area contributed by atoms with E-state index in [4.69, 9.17) is 4.74 Å². The van der Waals surface area contributed by atoms with Crippen molar-refractivity contribution in [3.63, 3.8) is 0 Å². The molecule has 3 rings (SSSR count). The maximum Gasteiger partial charge on any atom is 0.243 e. The standard InChI is InChI=1S/C25H26N2O3S/c1-19(28)27-24(25(29)26-16-20-8-4-2-5-9-20)18-31-23-14-12-22(13-15-23)30-17-21-10-6-3-7-11-21/h2-15,24H,16-18H2,1H3,(H,26,29)(H,27,28). The number of nitrogens with one attached hydrogen (secondary N) is 2. The van der Waals surface area contributed by atoms with Crippen LogP contribution >= 0.6 is 11.8 Å². The molecule has 0 saturated carbocycles. The zero-order chi connectivity index (χ0) is 21.9. The van der Waals surface area contributed by atoms with Gasteiger partial charge in [-0.3, -0.25) is 9.59 Å². The Hall–Kier alpha value is -3.25. The van der Waals surface area contributed by atoms with Crippen molar-refractivity contribution in [3.05, 3.63) is 96.1 Å². The van der Waals surface area contributed by atoms with E-state index in [9.17, 15) is 9.59 Å². The molecule has 0 saturated heterocycles. The topological polar surface area (TPSA) is 67.4 Å². The SMILES string of the molecule is CC(=O)NC(CSc1ccc(OCc2ccccc2)cc1)C(=O)NCc1ccccc1. The zero-order valence-electron chi connectivity index (χ0n) is 17.4. The van der Waals surface area contributed by atoms with Crippen molar-refractivity contribution in [2.24, 2.45) is 0 Å². The minimum atomic E-state index is -0.611. The highest BCUT2D eigenvalue weighted by atomic mass is 32.2. The van der Waals surface area contributed by atoms with Crippen LogP contribution in [0.5, 0.6) is 5.75 Å². The molecule has 0 spiro atoms. The first-order valence-corrected chi connectivity index (χ1v) is 11.1. The molecule has 3 aromatic rings. The molecule has 0 aliphatic heterocycles. The third-order valence-corrected chi connectivity index (χ3v) is 5.60. The second-order valence-corrected chi connectivity index (χ2v) is 8.11. The van der Waals surface area contributed by atoms with Crippen molar-refractivity contribution in [3.8, 4) is 5.75 Å². The summed E-state index contributed by atoms with van der Waals surface area (Å²) in [5.74, 6) is 0.788. The number of carbonyl (C=O) groups is 2. The van der Waals surface area contributed by atoms with Crippen molar-refractivity contribution in [1.29, 1.82) is 0 Å². The third-order valence-electron chi connectivity index (χ3n) is 4.49. The van der Waals surface area contributed by atoms with Crippen LogP contribution in [0.4, 0.5) is 0 Å². The van der Waals surface area contributed by atoms with E-state index in [0.717, 1.165) is 21.8 Å². The maximum atomic E-state index is 12.6. The van der Waals surface area contributed by atoms with Gasteiger partial charge in [-0.2, -0.15) is 0 Å². The highest BCUT2D eigenvalue weighted by Crippen LogP contribution is 2.23. The van der Waals surface area contributed by atoms with Gasteiger partial charge in [0.1, 0.15) is 18.4 Å². The molecule has 0 aromatic heterocycles. The smallest absolute Gasteiger partial charge is 0.243 e. The predicted molar refractivity (Wildman–Crippen MR) is 124 cm³/mol. The molecule has 2 N–H and O–H groups in total. The summed E-state index contributed by atoms with van der Waals surface area (Å²) in [6, 6.07) is 26.8. The Bertz CT molecular complexity index is 963. The number of amides is 2. The van der Waals surface area contributed by atoms with Gasteiger partial charge < -0.3 is 15.4 Å². The third kappa shape index (κ3) is 7.83. The summed E-state index contributed by atoms with van der Waals surface area (Å²) in [4.78, 5) is 25.1. The lowest BCUT2D eigenvalue weighted by Gasteiger charge is -2.17. The highest BCUT2D eigenvalue weighted by molar-refractivity contribution is 7.99. The lowest BCUT2D eigenvalue weighted by Crippen LogP contribution is -2.47. The Morgan fingerprint density at radius 3 is 2.10 bits per heavy atom. The number of benzene rings is 3. The van der Waals surface area contributed by atoms with E-state index < -0.39 is 6.04 Å². The number of ether oxygens (including phenoxy) is 1. The predicted octanol–water partition coefficient (Wildman–Crippen LogP) is 4.18. The number of hydrogen-bond donors (Lipinski definition) is 2. The molecular weight excluding hydrogens is 408 g/mol. The average Bonchev–Trinajstić information content (AvgIpc) is 2.80. The molecule has 1 atom stereocenters. The van der Waals surface area contributed by atoms with Crippen LogP contribution in [0.1, 0.15) is 18.1 Å². The molecule has 1 unspecified atom stereocenters. The van der Waals surface area contributed by atoms with Gasteiger partial charge in [0.05, 0.1) is 0 Å². The molecular formula is C25H26N2O3S. The number of rotatable bonds is 10. The Morgan fingerprint density at radius 1 is 0.871 bits per heavy atom. The van der Waals surface area contributed by atoms with Crippen molar-refractivity contribution in [2.75, 3.05) is 5.75 Å². The Labute approximate surface area is 187 Å². The summed E-state index contributed by atoms with van der Waals surface area (Å²) in [7, 11) is 0. The van der Waals surface area contributed by atoms with Crippen molar-refractivity contribution >= 4 is 23.6 Å². The molecule has 6 heteroatoms. The second-order valence-electron chi connectivity index (χ2n) is 7.01. The molecule has 3 aromatic carbocycles. The lowest BCUT2D eigenvalue weighted by molar-refractivity contribution is -0.127. The van der Waals surface area contributed by atoms with E-state index in [2.05, 4.69) is 10.6 Å². The minimum Gasteiger partial charge on any atom is -0.489 e. The first-order chi connectivity index (χ1) is 15.1. The maximum absolute atomic E-state index is 12.6. The molecule has 0 aliphatic carbocycles. The largest absolute Gasteiger partial charge is 0.489 e. The van der Waals surface area contributed by atoms with Gasteiger partial charge in [-0.15, -0.1) is 11.8 Å². The average molecular weight is 435 g/mol. The summed E-state index contributed by atoms with van der Waals surface area (Å²) < 4.78 is 5.81. The molecule has 2 amide bonds. The molecule has 5 nitrogen and oxygen atoms in total. The second kappa shape index (κ2) is 11.8. The fraction of sp³-hybridized carbons (Fsp3) is 0.200. The lowest BCUT2D eigenvalue weighted by atomic mass is 10.2. The van der Waals surface area contributed by atoms with Crippen LogP contribution in [0.15, 0.2) is 89.8 Å². The molecule has 0 bridgehead atoms. The van der Waals surface area contributed by atoms with Gasteiger partial charge in [0.2, 0.25) is 11.8 Å². The first kappa shape index (κ1) is 22.4. The van der Waals surface area contributed by atoms with Gasteiger partial charge in [0, 0.05) is 24.1 Å². The van der Waals surface area contributed by atoms with Crippen LogP contribution in [0.25, 0.3) is 0 Å². The molecule has 0 radical (unpaired) electrons. The number of carbonyl (C=O) groups excluding carboxylic acids is 2. The monoisotopic (exact) mass is 434 g/mol. The van der Waals surface area contributed by atoms with Crippen LogP contribution < -0.4 is 15.4 Å². The van der Waals surface area contributed by atoms with Crippen LogP contribution in [-0.2, 0) is 22.7 Å². The quantitative estimate of drug-likeness (QED) is 0.470. The fourth-order valence-electron chi connectivity index (χ4n) is 2.89. The molecule has 0 fully saturated rings. The minimum absolute atomic E-state index is 0.200. The molecule has 0 aliphatic rings. The fourth-order valence-corrected chi connectivity index (χ4v) is 3.81. The van der Waals surface area contributed by atoms with E-state index in [1.54, 1.807) is 0 Å². The summed E-state index contributed by atoms with van der Waals surface area (Å²) >= 11 is 1.51. The van der Waals surface area contributed by atoms with Gasteiger partial charge in [-0.05, 0) is 35.4 Å². The molecule has 31 heavy (non-hydrogen) atoms. The van der Waals surface area contributed by atoms with Crippen molar-refractivity contribution < 1.29 is 14.3 Å². The normalized spacial score (nSPS) is 11.4. The van der Waals surface area contributed by atoms with Gasteiger partial charge in [0.25, 0.3) is 0 Å². The summed E-state index contributed by atoms with van der Waals surface area (Å²) in [5, 5.41) is 5.63. The van der Waals surface area contributed by atoms with E-state index in [1.807, 2.05) is 84.9 Å². The zero-order valence-corrected chi connectivity index (χ0v) is 18.2.